The Morgan fingerprint density at radius 3 is 3.06 bits per heavy atom. The largest absolute Gasteiger partial charge is 0.369 e. The van der Waals surface area contributed by atoms with Crippen LogP contribution in [-0.4, -0.2) is 27.0 Å². The SMILES string of the molecule is CC(C)CNC(=O)Cn1c(N)nc2cccnc21. The van der Waals surface area contributed by atoms with Gasteiger partial charge >= 0.3 is 0 Å². The third-order valence-electron chi connectivity index (χ3n) is 2.54. The molecular formula is C12H17N5O. The summed E-state index contributed by atoms with van der Waals surface area (Å²) in [5, 5.41) is 2.84. The van der Waals surface area contributed by atoms with E-state index in [2.05, 4.69) is 15.3 Å². The Balaban J connectivity index is 2.16. The number of imidazole rings is 1. The molecule has 96 valence electrons. The molecule has 0 aliphatic carbocycles. The second kappa shape index (κ2) is 5.03. The van der Waals surface area contributed by atoms with Gasteiger partial charge in [0.2, 0.25) is 11.9 Å². The molecule has 1 amide bonds. The maximum absolute atomic E-state index is 11.8. The third-order valence-corrected chi connectivity index (χ3v) is 2.54. The van der Waals surface area contributed by atoms with E-state index in [1.54, 1.807) is 16.8 Å². The molecule has 2 aromatic heterocycles. The molecule has 0 aromatic carbocycles. The van der Waals surface area contributed by atoms with E-state index in [1.807, 2.05) is 19.9 Å². The Kier molecular flexibility index (Phi) is 3.45. The summed E-state index contributed by atoms with van der Waals surface area (Å²) >= 11 is 0. The molecule has 0 atom stereocenters. The van der Waals surface area contributed by atoms with Gasteiger partial charge in [0.05, 0.1) is 0 Å². The Morgan fingerprint density at radius 1 is 1.56 bits per heavy atom. The fourth-order valence-corrected chi connectivity index (χ4v) is 1.65. The average molecular weight is 247 g/mol. The van der Waals surface area contributed by atoms with Crippen molar-refractivity contribution in [3.05, 3.63) is 18.3 Å². The summed E-state index contributed by atoms with van der Waals surface area (Å²) < 4.78 is 1.62. The number of amides is 1. The molecular weight excluding hydrogens is 230 g/mol. The zero-order valence-electron chi connectivity index (χ0n) is 10.6. The summed E-state index contributed by atoms with van der Waals surface area (Å²) in [7, 11) is 0. The number of nitrogens with one attached hydrogen (secondary N) is 1. The summed E-state index contributed by atoms with van der Waals surface area (Å²) in [4.78, 5) is 20.1. The van der Waals surface area contributed by atoms with Crippen LogP contribution in [0.4, 0.5) is 5.95 Å². The third kappa shape index (κ3) is 2.58. The van der Waals surface area contributed by atoms with Gasteiger partial charge in [-0.15, -0.1) is 0 Å². The highest BCUT2D eigenvalue weighted by atomic mass is 16.1. The highest BCUT2D eigenvalue weighted by Crippen LogP contribution is 2.14. The number of rotatable bonds is 4. The van der Waals surface area contributed by atoms with Crippen molar-refractivity contribution in [3.63, 3.8) is 0 Å². The van der Waals surface area contributed by atoms with Crippen molar-refractivity contribution in [3.8, 4) is 0 Å². The second-order valence-corrected chi connectivity index (χ2v) is 4.60. The Bertz CT molecular complexity index is 561. The van der Waals surface area contributed by atoms with E-state index in [0.717, 1.165) is 0 Å². The van der Waals surface area contributed by atoms with Crippen molar-refractivity contribution in [2.75, 3.05) is 12.3 Å². The number of aromatic nitrogens is 3. The zero-order chi connectivity index (χ0) is 13.1. The van der Waals surface area contributed by atoms with Crippen LogP contribution in [0.5, 0.6) is 0 Å². The summed E-state index contributed by atoms with van der Waals surface area (Å²) in [6.45, 7) is 4.89. The molecule has 2 aromatic rings. The lowest BCUT2D eigenvalue weighted by Crippen LogP contribution is -2.31. The predicted molar refractivity (Wildman–Crippen MR) is 69.8 cm³/mol. The number of nitrogen functional groups attached to an aromatic ring is 1. The molecule has 0 saturated heterocycles. The van der Waals surface area contributed by atoms with E-state index in [0.29, 0.717) is 29.6 Å². The first-order valence-electron chi connectivity index (χ1n) is 5.91. The predicted octanol–water partition coefficient (Wildman–Crippen LogP) is 0.786. The van der Waals surface area contributed by atoms with E-state index in [4.69, 9.17) is 5.73 Å². The van der Waals surface area contributed by atoms with Gasteiger partial charge in [-0.3, -0.25) is 9.36 Å². The summed E-state index contributed by atoms with van der Waals surface area (Å²) in [6, 6.07) is 3.61. The van der Waals surface area contributed by atoms with Crippen LogP contribution in [0.25, 0.3) is 11.2 Å². The maximum Gasteiger partial charge on any atom is 0.240 e. The lowest BCUT2D eigenvalue weighted by atomic mass is 10.2. The van der Waals surface area contributed by atoms with Crippen molar-refractivity contribution in [1.82, 2.24) is 19.9 Å². The maximum atomic E-state index is 11.8. The van der Waals surface area contributed by atoms with Crippen molar-refractivity contribution >= 4 is 23.0 Å². The fraction of sp³-hybridized carbons (Fsp3) is 0.417. The van der Waals surface area contributed by atoms with Crippen LogP contribution >= 0.6 is 0 Å². The molecule has 6 nitrogen and oxygen atoms in total. The van der Waals surface area contributed by atoms with Gasteiger partial charge in [0, 0.05) is 12.7 Å². The minimum absolute atomic E-state index is 0.0830. The molecule has 0 saturated carbocycles. The first-order chi connectivity index (χ1) is 8.58. The lowest BCUT2D eigenvalue weighted by molar-refractivity contribution is -0.121. The number of fused-ring (bicyclic) bond motifs is 1. The van der Waals surface area contributed by atoms with E-state index < -0.39 is 0 Å². The smallest absolute Gasteiger partial charge is 0.240 e. The van der Waals surface area contributed by atoms with Gasteiger partial charge in [-0.2, -0.15) is 0 Å². The van der Waals surface area contributed by atoms with Crippen LogP contribution in [0.3, 0.4) is 0 Å². The highest BCUT2D eigenvalue weighted by Gasteiger charge is 2.12. The fourth-order valence-electron chi connectivity index (χ4n) is 1.65. The van der Waals surface area contributed by atoms with Crippen LogP contribution in [0.1, 0.15) is 13.8 Å². The van der Waals surface area contributed by atoms with Crippen LogP contribution in [0.15, 0.2) is 18.3 Å². The number of anilines is 1. The minimum Gasteiger partial charge on any atom is -0.369 e. The lowest BCUT2D eigenvalue weighted by Gasteiger charge is -2.09. The average Bonchev–Trinajstić information content (AvgIpc) is 2.64. The number of hydrogen-bond acceptors (Lipinski definition) is 4. The minimum atomic E-state index is -0.0830. The van der Waals surface area contributed by atoms with Crippen LogP contribution < -0.4 is 11.1 Å². The number of carbonyl (C=O) groups excluding carboxylic acids is 1. The monoisotopic (exact) mass is 247 g/mol. The van der Waals surface area contributed by atoms with E-state index in [-0.39, 0.29) is 12.5 Å². The van der Waals surface area contributed by atoms with Crippen molar-refractivity contribution in [2.45, 2.75) is 20.4 Å². The summed E-state index contributed by atoms with van der Waals surface area (Å²) in [6.07, 6.45) is 1.66. The zero-order valence-corrected chi connectivity index (χ0v) is 10.6. The molecule has 0 spiro atoms. The molecule has 3 N–H and O–H groups in total. The van der Waals surface area contributed by atoms with Crippen molar-refractivity contribution < 1.29 is 4.79 Å². The van der Waals surface area contributed by atoms with Crippen LogP contribution in [-0.2, 0) is 11.3 Å². The van der Waals surface area contributed by atoms with Crippen molar-refractivity contribution in [1.29, 1.82) is 0 Å². The van der Waals surface area contributed by atoms with E-state index in [1.165, 1.54) is 0 Å². The molecule has 0 aliphatic heterocycles. The second-order valence-electron chi connectivity index (χ2n) is 4.60. The van der Waals surface area contributed by atoms with Gasteiger partial charge in [-0.1, -0.05) is 13.8 Å². The normalized spacial score (nSPS) is 11.1. The number of carbonyl (C=O) groups is 1. The molecule has 2 heterocycles. The van der Waals surface area contributed by atoms with E-state index >= 15 is 0 Å². The molecule has 0 fully saturated rings. The first kappa shape index (κ1) is 12.3. The standard InChI is InChI=1S/C12H17N5O/c1-8(2)6-15-10(18)7-17-11-9(16-12(17)13)4-3-5-14-11/h3-5,8H,6-7H2,1-2H3,(H2,13,16)(H,15,18). The molecule has 0 aliphatic rings. The van der Waals surface area contributed by atoms with E-state index in [9.17, 15) is 4.79 Å². The number of nitrogens with two attached hydrogens (primary N) is 1. The summed E-state index contributed by atoms with van der Waals surface area (Å²) in [5.74, 6) is 0.646. The molecule has 2 rings (SSSR count). The topological polar surface area (TPSA) is 85.8 Å². The molecule has 0 unspecified atom stereocenters. The molecule has 0 bridgehead atoms. The van der Waals surface area contributed by atoms with Gasteiger partial charge < -0.3 is 11.1 Å². The van der Waals surface area contributed by atoms with Gasteiger partial charge in [-0.25, -0.2) is 9.97 Å². The Hall–Kier alpha value is -2.11. The molecule has 6 heteroatoms. The van der Waals surface area contributed by atoms with Crippen LogP contribution in [0, 0.1) is 5.92 Å². The quantitative estimate of drug-likeness (QED) is 0.836. The number of pyridine rings is 1. The Labute approximate surface area is 105 Å². The molecule has 0 radical (unpaired) electrons. The Morgan fingerprint density at radius 2 is 2.33 bits per heavy atom. The van der Waals surface area contributed by atoms with Crippen LogP contribution in [0.2, 0.25) is 0 Å². The van der Waals surface area contributed by atoms with Gasteiger partial charge in [-0.05, 0) is 18.1 Å². The highest BCUT2D eigenvalue weighted by molar-refractivity contribution is 5.80. The number of hydrogen-bond donors (Lipinski definition) is 2. The van der Waals surface area contributed by atoms with Gasteiger partial charge in [0.15, 0.2) is 5.65 Å². The molecule has 18 heavy (non-hydrogen) atoms. The number of nitrogens with zero attached hydrogens (tertiary/aromatic N) is 3. The van der Waals surface area contributed by atoms with Gasteiger partial charge in [0.25, 0.3) is 0 Å². The van der Waals surface area contributed by atoms with Gasteiger partial charge in [0.1, 0.15) is 12.1 Å². The van der Waals surface area contributed by atoms with Crippen molar-refractivity contribution in [2.24, 2.45) is 5.92 Å². The summed E-state index contributed by atoms with van der Waals surface area (Å²) in [5.41, 5.74) is 7.12. The first-order valence-corrected chi connectivity index (χ1v) is 5.91.